The molecule has 1 atom stereocenters. The molecule has 2 aliphatic heterocycles. The van der Waals surface area contributed by atoms with Crippen LogP contribution in [0.4, 0.5) is 4.79 Å². The number of ether oxygens (including phenoxy) is 1. The summed E-state index contributed by atoms with van der Waals surface area (Å²) in [6, 6.07) is -0.374. The van der Waals surface area contributed by atoms with Gasteiger partial charge in [-0.3, -0.25) is 14.5 Å². The average molecular weight is 284 g/mol. The summed E-state index contributed by atoms with van der Waals surface area (Å²) in [5.74, 6) is -0.361. The molecule has 2 saturated heterocycles. The Labute approximate surface area is 117 Å². The maximum absolute atomic E-state index is 12.1. The molecule has 0 spiro atoms. The summed E-state index contributed by atoms with van der Waals surface area (Å²) in [4.78, 5) is 40.0. The number of nitrogens with zero attached hydrogens (tertiary/aromatic N) is 3. The summed E-state index contributed by atoms with van der Waals surface area (Å²) in [7, 11) is 3.38. The van der Waals surface area contributed by atoms with Gasteiger partial charge in [0.15, 0.2) is 0 Å². The van der Waals surface area contributed by atoms with Gasteiger partial charge in [0.25, 0.3) is 0 Å². The molecule has 2 fully saturated rings. The number of cyclic esters (lactones) is 1. The van der Waals surface area contributed by atoms with Crippen LogP contribution in [-0.4, -0.2) is 92.1 Å². The Morgan fingerprint density at radius 1 is 1.40 bits per heavy atom. The molecule has 8 heteroatoms. The van der Waals surface area contributed by atoms with E-state index in [0.717, 1.165) is 11.4 Å². The van der Waals surface area contributed by atoms with Crippen LogP contribution in [0, 0.1) is 0 Å². The van der Waals surface area contributed by atoms with E-state index in [0.29, 0.717) is 13.1 Å². The molecule has 112 valence electrons. The fourth-order valence-electron chi connectivity index (χ4n) is 2.36. The number of carbonyl (C=O) groups is 3. The van der Waals surface area contributed by atoms with E-state index in [1.54, 1.807) is 14.1 Å². The number of nitrogens with one attached hydrogen (secondary N) is 1. The first-order chi connectivity index (χ1) is 9.50. The van der Waals surface area contributed by atoms with Crippen molar-refractivity contribution in [2.75, 3.05) is 53.4 Å². The lowest BCUT2D eigenvalue weighted by atomic mass is 10.1. The molecule has 1 unspecified atom stereocenters. The minimum atomic E-state index is -0.597. The van der Waals surface area contributed by atoms with Crippen molar-refractivity contribution in [1.82, 2.24) is 20.0 Å². The van der Waals surface area contributed by atoms with Gasteiger partial charge in [0.1, 0.15) is 12.6 Å². The maximum atomic E-state index is 12.1. The van der Waals surface area contributed by atoms with Crippen LogP contribution in [0.5, 0.6) is 0 Å². The molecule has 2 heterocycles. The molecule has 3 amide bonds. The van der Waals surface area contributed by atoms with Gasteiger partial charge in [0.2, 0.25) is 11.8 Å². The minimum absolute atomic E-state index is 0.0472. The Morgan fingerprint density at radius 3 is 2.75 bits per heavy atom. The molecule has 2 rings (SSSR count). The predicted octanol–water partition coefficient (Wildman–Crippen LogP) is -1.67. The van der Waals surface area contributed by atoms with Crippen molar-refractivity contribution in [1.29, 1.82) is 0 Å². The molecule has 20 heavy (non-hydrogen) atoms. The van der Waals surface area contributed by atoms with Crippen molar-refractivity contribution in [2.24, 2.45) is 0 Å². The van der Waals surface area contributed by atoms with E-state index in [-0.39, 0.29) is 37.6 Å². The third kappa shape index (κ3) is 3.07. The van der Waals surface area contributed by atoms with Crippen LogP contribution in [0.25, 0.3) is 0 Å². The summed E-state index contributed by atoms with van der Waals surface area (Å²) < 4.78 is 4.75. The summed E-state index contributed by atoms with van der Waals surface area (Å²) in [6.07, 6.45) is -0.597. The minimum Gasteiger partial charge on any atom is -0.447 e. The average Bonchev–Trinajstić information content (AvgIpc) is 2.84. The monoisotopic (exact) mass is 284 g/mol. The Balaban J connectivity index is 1.99. The van der Waals surface area contributed by atoms with Gasteiger partial charge >= 0.3 is 6.09 Å². The Kier molecular flexibility index (Phi) is 4.56. The Bertz CT molecular complexity index is 412. The van der Waals surface area contributed by atoms with Crippen molar-refractivity contribution < 1.29 is 19.1 Å². The van der Waals surface area contributed by atoms with Crippen LogP contribution in [-0.2, 0) is 14.3 Å². The Morgan fingerprint density at radius 2 is 2.15 bits per heavy atom. The molecular formula is C12H20N4O4. The van der Waals surface area contributed by atoms with Gasteiger partial charge in [-0.25, -0.2) is 9.69 Å². The molecule has 0 bridgehead atoms. The predicted molar refractivity (Wildman–Crippen MR) is 70.0 cm³/mol. The van der Waals surface area contributed by atoms with Crippen molar-refractivity contribution in [3.63, 3.8) is 0 Å². The summed E-state index contributed by atoms with van der Waals surface area (Å²) in [5.41, 5.74) is 0. The zero-order valence-electron chi connectivity index (χ0n) is 11.8. The molecule has 2 aliphatic rings. The molecule has 1 N–H and O–H groups in total. The second-order valence-electron chi connectivity index (χ2n) is 5.08. The first kappa shape index (κ1) is 14.7. The highest BCUT2D eigenvalue weighted by atomic mass is 16.6. The lowest BCUT2D eigenvalue weighted by Crippen LogP contribution is -2.59. The first-order valence-electron chi connectivity index (χ1n) is 6.63. The van der Waals surface area contributed by atoms with Crippen molar-refractivity contribution in [3.05, 3.63) is 0 Å². The zero-order valence-corrected chi connectivity index (χ0v) is 11.8. The molecule has 0 aliphatic carbocycles. The first-order valence-corrected chi connectivity index (χ1v) is 6.63. The highest BCUT2D eigenvalue weighted by Gasteiger charge is 2.34. The van der Waals surface area contributed by atoms with E-state index in [4.69, 9.17) is 4.74 Å². The van der Waals surface area contributed by atoms with Gasteiger partial charge in [-0.2, -0.15) is 0 Å². The second-order valence-corrected chi connectivity index (χ2v) is 5.08. The number of carbonyl (C=O) groups excluding carboxylic acids is 3. The van der Waals surface area contributed by atoms with E-state index in [2.05, 4.69) is 5.32 Å². The topological polar surface area (TPSA) is 82.2 Å². The highest BCUT2D eigenvalue weighted by molar-refractivity contribution is 5.94. The fourth-order valence-corrected chi connectivity index (χ4v) is 2.36. The van der Waals surface area contributed by atoms with Crippen molar-refractivity contribution >= 4 is 17.9 Å². The fraction of sp³-hybridized carbons (Fsp3) is 0.750. The largest absolute Gasteiger partial charge is 0.447 e. The number of likely N-dealkylation sites (N-methyl/N-ethyl adjacent to an activating group) is 1. The van der Waals surface area contributed by atoms with Crippen LogP contribution >= 0.6 is 0 Å². The Hall–Kier alpha value is -1.67. The molecule has 0 aromatic rings. The van der Waals surface area contributed by atoms with Gasteiger partial charge in [-0.15, -0.1) is 0 Å². The van der Waals surface area contributed by atoms with Crippen molar-refractivity contribution in [2.45, 2.75) is 6.04 Å². The van der Waals surface area contributed by atoms with Gasteiger partial charge in [-0.1, -0.05) is 0 Å². The SMILES string of the molecule is CN(C)C(=O)C1CNCCN1CC(=O)N1CCOC1=O. The number of amides is 3. The number of hydrogen-bond acceptors (Lipinski definition) is 6. The normalized spacial score (nSPS) is 23.6. The van der Waals surface area contributed by atoms with E-state index in [1.807, 2.05) is 4.90 Å². The highest BCUT2D eigenvalue weighted by Crippen LogP contribution is 2.09. The van der Waals surface area contributed by atoms with Crippen LogP contribution in [0.1, 0.15) is 0 Å². The lowest BCUT2D eigenvalue weighted by Gasteiger charge is -2.36. The molecule has 0 radical (unpaired) electrons. The molecule has 8 nitrogen and oxygen atoms in total. The van der Waals surface area contributed by atoms with Crippen LogP contribution in [0.3, 0.4) is 0 Å². The maximum Gasteiger partial charge on any atom is 0.416 e. The summed E-state index contributed by atoms with van der Waals surface area (Å²) in [6.45, 7) is 2.41. The number of rotatable bonds is 3. The van der Waals surface area contributed by atoms with Crippen molar-refractivity contribution in [3.8, 4) is 0 Å². The van der Waals surface area contributed by atoms with Gasteiger partial charge in [0, 0.05) is 33.7 Å². The number of imide groups is 1. The van der Waals surface area contributed by atoms with Gasteiger partial charge in [0.05, 0.1) is 13.1 Å². The van der Waals surface area contributed by atoms with Gasteiger partial charge < -0.3 is 15.0 Å². The third-order valence-electron chi connectivity index (χ3n) is 3.48. The zero-order chi connectivity index (χ0) is 14.7. The molecule has 0 aromatic heterocycles. The molecular weight excluding hydrogens is 264 g/mol. The lowest BCUT2D eigenvalue weighted by molar-refractivity contribution is -0.137. The van der Waals surface area contributed by atoms with Gasteiger partial charge in [-0.05, 0) is 0 Å². The summed E-state index contributed by atoms with van der Waals surface area (Å²) in [5, 5.41) is 3.15. The van der Waals surface area contributed by atoms with Crippen LogP contribution in [0.15, 0.2) is 0 Å². The van der Waals surface area contributed by atoms with E-state index < -0.39 is 6.09 Å². The number of hydrogen-bond donors (Lipinski definition) is 1. The van der Waals surface area contributed by atoms with Crippen LogP contribution < -0.4 is 5.32 Å². The number of piperazine rings is 1. The second kappa shape index (κ2) is 6.19. The van der Waals surface area contributed by atoms with E-state index in [1.165, 1.54) is 4.90 Å². The smallest absolute Gasteiger partial charge is 0.416 e. The summed E-state index contributed by atoms with van der Waals surface area (Å²) >= 11 is 0. The quantitative estimate of drug-likeness (QED) is 0.667. The third-order valence-corrected chi connectivity index (χ3v) is 3.48. The van der Waals surface area contributed by atoms with E-state index >= 15 is 0 Å². The van der Waals surface area contributed by atoms with E-state index in [9.17, 15) is 14.4 Å². The molecule has 0 aromatic carbocycles. The van der Waals surface area contributed by atoms with Crippen LogP contribution in [0.2, 0.25) is 0 Å². The standard InChI is InChI=1S/C12H20N4O4/c1-14(2)11(18)9-7-13-3-4-15(9)8-10(17)16-5-6-20-12(16)19/h9,13H,3-8H2,1-2H3. The molecule has 0 saturated carbocycles.